The van der Waals surface area contributed by atoms with Crippen LogP contribution in [0.4, 0.5) is 0 Å². The summed E-state index contributed by atoms with van der Waals surface area (Å²) in [5, 5.41) is 0. The quantitative estimate of drug-likeness (QED) is 0.595. The highest BCUT2D eigenvalue weighted by atomic mass is 31.2. The van der Waals surface area contributed by atoms with Crippen LogP contribution in [0, 0.1) is 6.92 Å². The first kappa shape index (κ1) is 18.4. The van der Waals surface area contributed by atoms with Crippen molar-refractivity contribution in [1.82, 2.24) is 0 Å². The first-order valence-electron chi connectivity index (χ1n) is 8.43. The zero-order valence-corrected chi connectivity index (χ0v) is 15.6. The van der Waals surface area contributed by atoms with Crippen molar-refractivity contribution in [3.63, 3.8) is 0 Å². The van der Waals surface area contributed by atoms with Crippen molar-refractivity contribution in [1.29, 1.82) is 0 Å². The fourth-order valence-corrected chi connectivity index (χ4v) is 3.72. The summed E-state index contributed by atoms with van der Waals surface area (Å²) in [6, 6.07) is 21.5. The molecule has 2 N–H and O–H groups in total. The summed E-state index contributed by atoms with van der Waals surface area (Å²) < 4.78 is 16.5. The summed E-state index contributed by atoms with van der Waals surface area (Å²) in [4.78, 5) is 18.6. The second kappa shape index (κ2) is 7.46. The Hall–Kier alpha value is -2.39. The van der Waals surface area contributed by atoms with Crippen molar-refractivity contribution in [2.45, 2.75) is 20.3 Å². The molecule has 0 aliphatic heterocycles. The second-order valence-electron chi connectivity index (χ2n) is 6.07. The van der Waals surface area contributed by atoms with Gasteiger partial charge < -0.3 is 4.52 Å². The molecule has 0 bridgehead atoms. The predicted octanol–water partition coefficient (Wildman–Crippen LogP) is 5.36. The van der Waals surface area contributed by atoms with Crippen LogP contribution < -0.4 is 4.52 Å². The van der Waals surface area contributed by atoms with Crippen molar-refractivity contribution < 1.29 is 18.9 Å². The Bertz CT molecular complexity index is 947. The zero-order chi connectivity index (χ0) is 18.7. The van der Waals surface area contributed by atoms with Gasteiger partial charge in [-0.25, -0.2) is 4.57 Å². The van der Waals surface area contributed by atoms with Gasteiger partial charge in [0.05, 0.1) is 0 Å². The molecule has 5 heteroatoms. The molecule has 0 atom stereocenters. The topological polar surface area (TPSA) is 66.8 Å². The van der Waals surface area contributed by atoms with E-state index in [9.17, 15) is 14.4 Å². The highest BCUT2D eigenvalue weighted by Gasteiger charge is 2.23. The van der Waals surface area contributed by atoms with Crippen molar-refractivity contribution in [2.24, 2.45) is 0 Å². The average molecular weight is 368 g/mol. The van der Waals surface area contributed by atoms with Gasteiger partial charge >= 0.3 is 7.82 Å². The van der Waals surface area contributed by atoms with E-state index in [0.717, 1.165) is 33.4 Å². The molecule has 3 aromatic carbocycles. The Morgan fingerprint density at radius 1 is 0.923 bits per heavy atom. The highest BCUT2D eigenvalue weighted by Crippen LogP contribution is 2.46. The van der Waals surface area contributed by atoms with Gasteiger partial charge in [-0.2, -0.15) is 0 Å². The molecule has 0 saturated heterocycles. The van der Waals surface area contributed by atoms with Crippen LogP contribution in [0.3, 0.4) is 0 Å². The molecule has 26 heavy (non-hydrogen) atoms. The molecule has 0 unspecified atom stereocenters. The van der Waals surface area contributed by atoms with E-state index in [0.29, 0.717) is 6.42 Å². The van der Waals surface area contributed by atoms with Crippen molar-refractivity contribution in [3.8, 4) is 28.0 Å². The number of hydrogen-bond donors (Lipinski definition) is 2. The van der Waals surface area contributed by atoms with Crippen LogP contribution in [0.25, 0.3) is 22.3 Å². The minimum Gasteiger partial charge on any atom is -0.404 e. The molecule has 3 aromatic rings. The Labute approximate surface area is 153 Å². The number of rotatable bonds is 5. The first-order valence-corrected chi connectivity index (χ1v) is 9.96. The van der Waals surface area contributed by atoms with Crippen molar-refractivity contribution in [3.05, 3.63) is 77.9 Å². The highest BCUT2D eigenvalue weighted by molar-refractivity contribution is 7.46. The third-order valence-electron chi connectivity index (χ3n) is 4.39. The van der Waals surface area contributed by atoms with Gasteiger partial charge in [-0.1, -0.05) is 67.6 Å². The van der Waals surface area contributed by atoms with Gasteiger partial charge in [-0.3, -0.25) is 9.79 Å². The van der Waals surface area contributed by atoms with Crippen LogP contribution in [0.5, 0.6) is 5.75 Å². The van der Waals surface area contributed by atoms with Crippen LogP contribution in [0.15, 0.2) is 66.7 Å². The molecule has 0 spiro atoms. The third-order valence-corrected chi connectivity index (χ3v) is 4.82. The minimum absolute atomic E-state index is 0.233. The molecule has 0 saturated carbocycles. The summed E-state index contributed by atoms with van der Waals surface area (Å²) in [5.74, 6) is 0.233. The number of phosphoric acid groups is 1. The Kier molecular flexibility index (Phi) is 5.28. The minimum atomic E-state index is -4.65. The maximum Gasteiger partial charge on any atom is 0.524 e. The Morgan fingerprint density at radius 3 is 1.96 bits per heavy atom. The van der Waals surface area contributed by atoms with Gasteiger partial charge in [0.1, 0.15) is 5.75 Å². The van der Waals surface area contributed by atoms with Gasteiger partial charge in [0.2, 0.25) is 0 Å². The first-order chi connectivity index (χ1) is 12.4. The molecule has 0 fully saturated rings. The van der Waals surface area contributed by atoms with E-state index < -0.39 is 7.82 Å². The molecule has 0 aromatic heterocycles. The Balaban J connectivity index is 2.34. The zero-order valence-electron chi connectivity index (χ0n) is 14.7. The fraction of sp³-hybridized carbons (Fsp3) is 0.143. The Morgan fingerprint density at radius 2 is 1.46 bits per heavy atom. The van der Waals surface area contributed by atoms with E-state index in [4.69, 9.17) is 4.52 Å². The van der Waals surface area contributed by atoms with Crippen LogP contribution in [0.1, 0.15) is 18.1 Å². The smallest absolute Gasteiger partial charge is 0.404 e. The number of benzene rings is 3. The van der Waals surface area contributed by atoms with E-state index in [1.54, 1.807) is 6.07 Å². The second-order valence-corrected chi connectivity index (χ2v) is 7.23. The molecule has 4 nitrogen and oxygen atoms in total. The lowest BCUT2D eigenvalue weighted by Gasteiger charge is -2.21. The lowest BCUT2D eigenvalue weighted by molar-refractivity contribution is 0.282. The summed E-state index contributed by atoms with van der Waals surface area (Å²) in [5.41, 5.74) is 5.71. The van der Waals surface area contributed by atoms with Crippen LogP contribution in [-0.2, 0) is 11.0 Å². The molecule has 3 rings (SSSR count). The summed E-state index contributed by atoms with van der Waals surface area (Å²) >= 11 is 0. The summed E-state index contributed by atoms with van der Waals surface area (Å²) in [6.45, 7) is 3.92. The monoisotopic (exact) mass is 368 g/mol. The van der Waals surface area contributed by atoms with Crippen molar-refractivity contribution >= 4 is 7.82 Å². The van der Waals surface area contributed by atoms with Gasteiger partial charge in [-0.05, 0) is 52.8 Å². The van der Waals surface area contributed by atoms with E-state index >= 15 is 0 Å². The summed E-state index contributed by atoms with van der Waals surface area (Å²) in [7, 11) is -4.65. The molecule has 0 amide bonds. The van der Waals surface area contributed by atoms with Gasteiger partial charge in [-0.15, -0.1) is 0 Å². The molecule has 0 aliphatic carbocycles. The molecule has 0 heterocycles. The normalized spacial score (nSPS) is 11.4. The van der Waals surface area contributed by atoms with E-state index in [1.807, 2.05) is 74.5 Å². The van der Waals surface area contributed by atoms with Gasteiger partial charge in [0.25, 0.3) is 0 Å². The van der Waals surface area contributed by atoms with Crippen LogP contribution in [-0.4, -0.2) is 9.79 Å². The van der Waals surface area contributed by atoms with Crippen LogP contribution >= 0.6 is 7.82 Å². The summed E-state index contributed by atoms with van der Waals surface area (Å²) in [6.07, 6.45) is 0.607. The third kappa shape index (κ3) is 3.88. The molecular formula is C21H21O4P. The lowest BCUT2D eigenvalue weighted by Crippen LogP contribution is -2.01. The fourth-order valence-electron chi connectivity index (χ4n) is 3.30. The average Bonchev–Trinajstić information content (AvgIpc) is 2.62. The number of phosphoric ester groups is 1. The van der Waals surface area contributed by atoms with E-state index in [2.05, 4.69) is 0 Å². The van der Waals surface area contributed by atoms with Gasteiger partial charge in [0, 0.05) is 0 Å². The maximum absolute atomic E-state index is 11.5. The van der Waals surface area contributed by atoms with Crippen molar-refractivity contribution in [2.75, 3.05) is 0 Å². The molecule has 134 valence electrons. The molecule has 0 radical (unpaired) electrons. The largest absolute Gasteiger partial charge is 0.524 e. The van der Waals surface area contributed by atoms with Crippen LogP contribution in [0.2, 0.25) is 0 Å². The SMILES string of the molecule is CCc1c(OP(=O)(O)O)cc(-c2ccccc2)c(-c2ccccc2)c1C. The van der Waals surface area contributed by atoms with Gasteiger partial charge in [0.15, 0.2) is 0 Å². The maximum atomic E-state index is 11.5. The van der Waals surface area contributed by atoms with E-state index in [-0.39, 0.29) is 5.75 Å². The van der Waals surface area contributed by atoms with E-state index in [1.165, 1.54) is 0 Å². The molecule has 0 aliphatic rings. The number of hydrogen-bond acceptors (Lipinski definition) is 2. The lowest BCUT2D eigenvalue weighted by atomic mass is 9.87. The molecular weight excluding hydrogens is 347 g/mol. The standard InChI is InChI=1S/C21H21O4P/c1-3-18-15(2)21(17-12-8-5-9-13-17)19(16-10-6-4-7-11-16)14-20(18)25-26(22,23)24/h4-14H,3H2,1-2H3,(H2,22,23,24). The predicted molar refractivity (Wildman–Crippen MR) is 104 cm³/mol.